The van der Waals surface area contributed by atoms with Crippen LogP contribution in [0.3, 0.4) is 0 Å². The number of hydrogen-bond acceptors (Lipinski definition) is 2. The van der Waals surface area contributed by atoms with Gasteiger partial charge < -0.3 is 11.1 Å². The molecule has 1 aromatic rings. The van der Waals surface area contributed by atoms with E-state index in [1.807, 2.05) is 25.1 Å². The van der Waals surface area contributed by atoms with Gasteiger partial charge in [-0.15, -0.1) is 12.4 Å². The number of benzene rings is 1. The zero-order valence-electron chi connectivity index (χ0n) is 11.3. The molecule has 0 bridgehead atoms. The molecule has 2 atom stereocenters. The number of nitrogens with two attached hydrogens (primary N) is 1. The summed E-state index contributed by atoms with van der Waals surface area (Å²) in [6, 6.07) is 10.6. The van der Waals surface area contributed by atoms with Gasteiger partial charge in [0.25, 0.3) is 0 Å². The average Bonchev–Trinajstić information content (AvgIpc) is 3.12. The molecule has 1 aliphatic carbocycles. The Kier molecular flexibility index (Phi) is 6.32. The molecular weight excluding hydrogens is 260 g/mol. The second-order valence-corrected chi connectivity index (χ2v) is 5.38. The van der Waals surface area contributed by atoms with Crippen LogP contribution in [0.5, 0.6) is 0 Å². The minimum atomic E-state index is -0.0680. The van der Waals surface area contributed by atoms with E-state index < -0.39 is 0 Å². The van der Waals surface area contributed by atoms with Crippen LogP contribution in [0.15, 0.2) is 30.3 Å². The molecule has 0 spiro atoms. The number of halogens is 1. The molecule has 4 heteroatoms. The number of hydrogen-bond donors (Lipinski definition) is 2. The van der Waals surface area contributed by atoms with Crippen molar-refractivity contribution in [2.45, 2.75) is 44.7 Å². The third-order valence-electron chi connectivity index (χ3n) is 3.34. The molecule has 1 aliphatic rings. The highest BCUT2D eigenvalue weighted by Crippen LogP contribution is 2.34. The van der Waals surface area contributed by atoms with Crippen LogP contribution in [0.4, 0.5) is 0 Å². The van der Waals surface area contributed by atoms with E-state index in [4.69, 9.17) is 5.73 Å². The number of carbonyl (C=O) groups is 1. The Morgan fingerprint density at radius 3 is 2.53 bits per heavy atom. The fourth-order valence-electron chi connectivity index (χ4n) is 2.26. The molecule has 3 N–H and O–H groups in total. The predicted octanol–water partition coefficient (Wildman–Crippen LogP) is 2.28. The fourth-order valence-corrected chi connectivity index (χ4v) is 2.26. The van der Waals surface area contributed by atoms with Crippen LogP contribution in [0.1, 0.15) is 31.7 Å². The zero-order valence-corrected chi connectivity index (χ0v) is 12.2. The van der Waals surface area contributed by atoms with Gasteiger partial charge in [0.1, 0.15) is 0 Å². The molecule has 1 aromatic carbocycles. The molecular formula is C15H23ClN2O. The molecule has 3 nitrogen and oxygen atoms in total. The lowest BCUT2D eigenvalue weighted by Crippen LogP contribution is -2.40. The van der Waals surface area contributed by atoms with Crippen molar-refractivity contribution in [2.75, 3.05) is 0 Å². The summed E-state index contributed by atoms with van der Waals surface area (Å²) in [5, 5.41) is 3.14. The van der Waals surface area contributed by atoms with E-state index in [9.17, 15) is 4.79 Å². The molecule has 0 radical (unpaired) electrons. The Bertz CT molecular complexity index is 390. The van der Waals surface area contributed by atoms with Gasteiger partial charge in [-0.2, -0.15) is 0 Å². The van der Waals surface area contributed by atoms with Crippen molar-refractivity contribution in [3.05, 3.63) is 35.9 Å². The van der Waals surface area contributed by atoms with E-state index >= 15 is 0 Å². The highest BCUT2D eigenvalue weighted by molar-refractivity contribution is 5.85. The van der Waals surface area contributed by atoms with Gasteiger partial charge in [-0.3, -0.25) is 4.79 Å². The normalized spacial score (nSPS) is 17.2. The molecule has 1 fully saturated rings. The number of amides is 1. The van der Waals surface area contributed by atoms with Crippen molar-refractivity contribution in [3.63, 3.8) is 0 Å². The van der Waals surface area contributed by atoms with Gasteiger partial charge in [0.05, 0.1) is 0 Å². The SMILES string of the molecule is CC(N)CC(=O)NC(Cc1ccccc1)C1CC1.Cl. The Morgan fingerprint density at radius 1 is 1.37 bits per heavy atom. The first-order chi connectivity index (χ1) is 8.65. The Labute approximate surface area is 121 Å². The molecule has 1 amide bonds. The van der Waals surface area contributed by atoms with E-state index in [0.717, 1.165) is 6.42 Å². The van der Waals surface area contributed by atoms with Crippen LogP contribution < -0.4 is 11.1 Å². The maximum atomic E-state index is 11.8. The van der Waals surface area contributed by atoms with Crippen LogP contribution in [0, 0.1) is 5.92 Å². The van der Waals surface area contributed by atoms with E-state index in [0.29, 0.717) is 12.3 Å². The number of carbonyl (C=O) groups excluding carboxylic acids is 1. The van der Waals surface area contributed by atoms with Crippen LogP contribution in [-0.4, -0.2) is 18.0 Å². The molecule has 19 heavy (non-hydrogen) atoms. The van der Waals surface area contributed by atoms with Crippen molar-refractivity contribution in [3.8, 4) is 0 Å². The van der Waals surface area contributed by atoms with Crippen LogP contribution in [0.2, 0.25) is 0 Å². The van der Waals surface area contributed by atoms with Gasteiger partial charge in [-0.25, -0.2) is 0 Å². The molecule has 106 valence electrons. The van der Waals surface area contributed by atoms with Crippen molar-refractivity contribution in [1.82, 2.24) is 5.32 Å². The van der Waals surface area contributed by atoms with E-state index in [2.05, 4.69) is 17.4 Å². The first kappa shape index (κ1) is 16.0. The van der Waals surface area contributed by atoms with Crippen LogP contribution in [-0.2, 0) is 11.2 Å². The summed E-state index contributed by atoms with van der Waals surface area (Å²) < 4.78 is 0. The predicted molar refractivity (Wildman–Crippen MR) is 80.3 cm³/mol. The van der Waals surface area contributed by atoms with E-state index in [1.165, 1.54) is 18.4 Å². The molecule has 0 heterocycles. The summed E-state index contributed by atoms with van der Waals surface area (Å²) in [4.78, 5) is 11.8. The third kappa shape index (κ3) is 5.62. The van der Waals surface area contributed by atoms with E-state index in [1.54, 1.807) is 0 Å². The van der Waals surface area contributed by atoms with Gasteiger partial charge in [0.2, 0.25) is 5.91 Å². The Hall–Kier alpha value is -1.06. The molecule has 1 saturated carbocycles. The lowest BCUT2D eigenvalue weighted by atomic mass is 10.0. The molecule has 2 unspecified atom stereocenters. The zero-order chi connectivity index (χ0) is 13.0. The fraction of sp³-hybridized carbons (Fsp3) is 0.533. The number of rotatable bonds is 6. The highest BCUT2D eigenvalue weighted by Gasteiger charge is 2.32. The second kappa shape index (κ2) is 7.51. The van der Waals surface area contributed by atoms with Crippen molar-refractivity contribution < 1.29 is 4.79 Å². The topological polar surface area (TPSA) is 55.1 Å². The Morgan fingerprint density at radius 2 is 2.00 bits per heavy atom. The van der Waals surface area contributed by atoms with Crippen LogP contribution >= 0.6 is 12.4 Å². The van der Waals surface area contributed by atoms with Gasteiger partial charge in [-0.1, -0.05) is 30.3 Å². The molecule has 0 aliphatic heterocycles. The standard InChI is InChI=1S/C15H22N2O.ClH/c1-11(16)9-15(18)17-14(13-7-8-13)10-12-5-3-2-4-6-12;/h2-6,11,13-14H,7-10,16H2,1H3,(H,17,18);1H. The Balaban J connectivity index is 0.00000180. The first-order valence-electron chi connectivity index (χ1n) is 6.74. The maximum Gasteiger partial charge on any atom is 0.221 e. The maximum absolute atomic E-state index is 11.8. The quantitative estimate of drug-likeness (QED) is 0.841. The van der Waals surface area contributed by atoms with Crippen molar-refractivity contribution in [1.29, 1.82) is 0 Å². The lowest BCUT2D eigenvalue weighted by molar-refractivity contribution is -0.122. The van der Waals surface area contributed by atoms with Gasteiger partial charge in [-0.05, 0) is 37.7 Å². The summed E-state index contributed by atoms with van der Waals surface area (Å²) in [6.45, 7) is 1.86. The van der Waals surface area contributed by atoms with Gasteiger partial charge in [0, 0.05) is 18.5 Å². The molecule has 0 aromatic heterocycles. The summed E-state index contributed by atoms with van der Waals surface area (Å²) >= 11 is 0. The minimum Gasteiger partial charge on any atom is -0.353 e. The highest BCUT2D eigenvalue weighted by atomic mass is 35.5. The summed E-state index contributed by atoms with van der Waals surface area (Å²) in [6.07, 6.45) is 3.81. The molecule has 2 rings (SSSR count). The summed E-state index contributed by atoms with van der Waals surface area (Å²) in [5.74, 6) is 0.736. The lowest BCUT2D eigenvalue weighted by Gasteiger charge is -2.19. The van der Waals surface area contributed by atoms with Crippen LogP contribution in [0.25, 0.3) is 0 Å². The monoisotopic (exact) mass is 282 g/mol. The third-order valence-corrected chi connectivity index (χ3v) is 3.34. The first-order valence-corrected chi connectivity index (χ1v) is 6.74. The van der Waals surface area contributed by atoms with Gasteiger partial charge >= 0.3 is 0 Å². The van der Waals surface area contributed by atoms with E-state index in [-0.39, 0.29) is 30.4 Å². The summed E-state index contributed by atoms with van der Waals surface area (Å²) in [7, 11) is 0. The largest absolute Gasteiger partial charge is 0.353 e. The molecule has 0 saturated heterocycles. The minimum absolute atomic E-state index is 0. The summed E-state index contributed by atoms with van der Waals surface area (Å²) in [5.41, 5.74) is 6.94. The second-order valence-electron chi connectivity index (χ2n) is 5.38. The smallest absolute Gasteiger partial charge is 0.221 e. The number of nitrogens with one attached hydrogen (secondary N) is 1. The van der Waals surface area contributed by atoms with Crippen molar-refractivity contribution in [2.24, 2.45) is 11.7 Å². The van der Waals surface area contributed by atoms with Gasteiger partial charge in [0.15, 0.2) is 0 Å². The van der Waals surface area contributed by atoms with Crippen molar-refractivity contribution >= 4 is 18.3 Å². The average molecular weight is 283 g/mol.